The topological polar surface area (TPSA) is 105 Å². The molecule has 0 aromatic carbocycles. The third-order valence-electron chi connectivity index (χ3n) is 1.50. The first kappa shape index (κ1) is 17.4. The summed E-state index contributed by atoms with van der Waals surface area (Å²) in [6.45, 7) is 5.38. The average molecular weight is 284 g/mol. The van der Waals surface area contributed by atoms with E-state index in [-0.39, 0.29) is 0 Å². The van der Waals surface area contributed by atoms with Gasteiger partial charge in [0.15, 0.2) is 24.8 Å². The van der Waals surface area contributed by atoms with Crippen LogP contribution in [0.4, 0.5) is 0 Å². The number of ketones is 2. The summed E-state index contributed by atoms with van der Waals surface area (Å²) < 4.78 is 0. The van der Waals surface area contributed by atoms with Crippen molar-refractivity contribution in [3.8, 4) is 0 Å². The highest BCUT2D eigenvalue weighted by molar-refractivity contribution is 5.92. The van der Waals surface area contributed by atoms with Gasteiger partial charge in [-0.2, -0.15) is 9.78 Å². The third-order valence-corrected chi connectivity index (χ3v) is 1.50. The summed E-state index contributed by atoms with van der Waals surface area (Å²) in [6, 6.07) is 0. The van der Waals surface area contributed by atoms with E-state index in [1.807, 2.05) is 0 Å². The summed E-state index contributed by atoms with van der Waals surface area (Å²) in [5, 5.41) is 0. The fraction of sp³-hybridized carbons (Fsp3) is 0.167. The SMILES string of the molecule is C=CC(=O)COOC(=O)/C=C\C(=O)OOCC(=O)C=C. The van der Waals surface area contributed by atoms with Crippen molar-refractivity contribution in [1.82, 2.24) is 0 Å². The molecule has 0 aliphatic carbocycles. The summed E-state index contributed by atoms with van der Waals surface area (Å²) >= 11 is 0. The second kappa shape index (κ2) is 10.4. The molecule has 0 N–H and O–H groups in total. The fourth-order valence-electron chi connectivity index (χ4n) is 0.601. The van der Waals surface area contributed by atoms with E-state index in [1.54, 1.807) is 0 Å². The Bertz CT molecular complexity index is 395. The lowest BCUT2D eigenvalue weighted by Crippen LogP contribution is -2.11. The van der Waals surface area contributed by atoms with Crippen LogP contribution in [0, 0.1) is 0 Å². The molecule has 20 heavy (non-hydrogen) atoms. The predicted octanol–water partition coefficient (Wildman–Crippen LogP) is 0.00240. The predicted molar refractivity (Wildman–Crippen MR) is 63.6 cm³/mol. The molecular weight excluding hydrogens is 272 g/mol. The van der Waals surface area contributed by atoms with Gasteiger partial charge in [0.05, 0.1) is 0 Å². The molecule has 8 nitrogen and oxygen atoms in total. The highest BCUT2D eigenvalue weighted by Gasteiger charge is 2.05. The van der Waals surface area contributed by atoms with Gasteiger partial charge >= 0.3 is 11.9 Å². The molecule has 0 fully saturated rings. The van der Waals surface area contributed by atoms with Gasteiger partial charge in [0.1, 0.15) is 0 Å². The summed E-state index contributed by atoms with van der Waals surface area (Å²) in [7, 11) is 0. The molecule has 0 aromatic rings. The third kappa shape index (κ3) is 9.45. The van der Waals surface area contributed by atoms with Gasteiger partial charge in [-0.15, -0.1) is 0 Å². The molecule has 0 amide bonds. The zero-order valence-corrected chi connectivity index (χ0v) is 10.4. The minimum atomic E-state index is -1.04. The van der Waals surface area contributed by atoms with Crippen LogP contribution in [0.3, 0.4) is 0 Å². The van der Waals surface area contributed by atoms with E-state index < -0.39 is 36.7 Å². The van der Waals surface area contributed by atoms with Crippen molar-refractivity contribution in [3.05, 3.63) is 37.5 Å². The van der Waals surface area contributed by atoms with Crippen molar-refractivity contribution in [3.63, 3.8) is 0 Å². The highest BCUT2D eigenvalue weighted by atomic mass is 17.2. The second-order valence-corrected chi connectivity index (χ2v) is 3.00. The minimum absolute atomic E-state index is 0.485. The van der Waals surface area contributed by atoms with Gasteiger partial charge in [0.2, 0.25) is 0 Å². The second-order valence-electron chi connectivity index (χ2n) is 3.00. The van der Waals surface area contributed by atoms with Crippen LogP contribution < -0.4 is 0 Å². The van der Waals surface area contributed by atoms with Crippen molar-refractivity contribution in [1.29, 1.82) is 0 Å². The van der Waals surface area contributed by atoms with E-state index in [0.717, 1.165) is 12.2 Å². The van der Waals surface area contributed by atoms with Gasteiger partial charge in [-0.3, -0.25) is 19.4 Å². The maximum Gasteiger partial charge on any atom is 0.366 e. The van der Waals surface area contributed by atoms with E-state index in [2.05, 4.69) is 32.7 Å². The number of hydrogen-bond acceptors (Lipinski definition) is 8. The first-order valence-electron chi connectivity index (χ1n) is 5.15. The van der Waals surface area contributed by atoms with Crippen LogP contribution in [0.25, 0.3) is 0 Å². The molecule has 0 radical (unpaired) electrons. The molecule has 108 valence electrons. The molecule has 0 aliphatic heterocycles. The smallest absolute Gasteiger partial charge is 0.293 e. The minimum Gasteiger partial charge on any atom is -0.293 e. The average Bonchev–Trinajstić information content (AvgIpc) is 2.44. The first-order chi connectivity index (χ1) is 9.49. The molecule has 0 aliphatic rings. The quantitative estimate of drug-likeness (QED) is 0.313. The normalized spacial score (nSPS) is 9.80. The Kier molecular flexibility index (Phi) is 9.02. The van der Waals surface area contributed by atoms with Gasteiger partial charge in [-0.25, -0.2) is 9.59 Å². The van der Waals surface area contributed by atoms with Gasteiger partial charge in [0.25, 0.3) is 0 Å². The maximum atomic E-state index is 11.0. The summed E-state index contributed by atoms with van der Waals surface area (Å²) in [4.78, 5) is 60.0. The molecule has 0 atom stereocenters. The van der Waals surface area contributed by atoms with E-state index in [1.165, 1.54) is 0 Å². The molecule has 0 saturated heterocycles. The van der Waals surface area contributed by atoms with Crippen LogP contribution in [-0.2, 0) is 38.7 Å². The molecule has 8 heteroatoms. The Morgan fingerprint density at radius 1 is 0.750 bits per heavy atom. The highest BCUT2D eigenvalue weighted by Crippen LogP contribution is 1.89. The summed E-state index contributed by atoms with van der Waals surface area (Å²) in [6.07, 6.45) is 3.34. The Balaban J connectivity index is 3.85. The Hall–Kier alpha value is -2.58. The van der Waals surface area contributed by atoms with Crippen molar-refractivity contribution >= 4 is 23.5 Å². The van der Waals surface area contributed by atoms with E-state index in [0.29, 0.717) is 12.2 Å². The molecule has 0 bridgehead atoms. The molecule has 0 unspecified atom stereocenters. The number of carbonyl (C=O) groups excluding carboxylic acids is 4. The van der Waals surface area contributed by atoms with Crippen LogP contribution in [0.5, 0.6) is 0 Å². The maximum absolute atomic E-state index is 11.0. The van der Waals surface area contributed by atoms with Gasteiger partial charge in [-0.1, -0.05) is 13.2 Å². The van der Waals surface area contributed by atoms with Crippen molar-refractivity contribution in [2.45, 2.75) is 0 Å². The van der Waals surface area contributed by atoms with Gasteiger partial charge in [0, 0.05) is 12.2 Å². The summed E-state index contributed by atoms with van der Waals surface area (Å²) in [5.41, 5.74) is 0. The van der Waals surface area contributed by atoms with Crippen molar-refractivity contribution in [2.24, 2.45) is 0 Å². The van der Waals surface area contributed by atoms with Crippen LogP contribution in [0.1, 0.15) is 0 Å². The molecule has 0 aromatic heterocycles. The zero-order chi connectivity index (χ0) is 15.4. The monoisotopic (exact) mass is 284 g/mol. The Labute approximate surface area is 114 Å². The van der Waals surface area contributed by atoms with E-state index in [9.17, 15) is 19.2 Å². The van der Waals surface area contributed by atoms with Crippen LogP contribution in [0.2, 0.25) is 0 Å². The lowest BCUT2D eigenvalue weighted by molar-refractivity contribution is -0.264. The molecule has 0 rings (SSSR count). The largest absolute Gasteiger partial charge is 0.366 e. The number of hydrogen-bond donors (Lipinski definition) is 0. The van der Waals surface area contributed by atoms with E-state index >= 15 is 0 Å². The molecule has 0 heterocycles. The van der Waals surface area contributed by atoms with Crippen LogP contribution in [-0.4, -0.2) is 36.7 Å². The molecular formula is C12H12O8. The fourth-order valence-corrected chi connectivity index (χ4v) is 0.601. The number of rotatable bonds is 10. The van der Waals surface area contributed by atoms with Crippen LogP contribution >= 0.6 is 0 Å². The van der Waals surface area contributed by atoms with Crippen molar-refractivity contribution in [2.75, 3.05) is 13.2 Å². The lowest BCUT2D eigenvalue weighted by atomic mass is 10.4. The molecule has 0 spiro atoms. The molecule has 0 saturated carbocycles. The lowest BCUT2D eigenvalue weighted by Gasteiger charge is -1.99. The van der Waals surface area contributed by atoms with Crippen molar-refractivity contribution < 1.29 is 38.7 Å². The zero-order valence-electron chi connectivity index (χ0n) is 10.4. The van der Waals surface area contributed by atoms with Crippen LogP contribution in [0.15, 0.2) is 37.5 Å². The Morgan fingerprint density at radius 3 is 1.40 bits per heavy atom. The Morgan fingerprint density at radius 2 is 1.10 bits per heavy atom. The first-order valence-corrected chi connectivity index (χ1v) is 5.15. The standard InChI is InChI=1S/C12H12O8/c1-3-9(13)7-17-19-11(15)5-6-12(16)20-18-8-10(14)4-2/h3-6H,1-2,7-8H2/b6-5-. The van der Waals surface area contributed by atoms with Gasteiger partial charge in [-0.05, 0) is 12.2 Å². The number of carbonyl (C=O) groups is 4. The van der Waals surface area contributed by atoms with E-state index in [4.69, 9.17) is 0 Å². The summed E-state index contributed by atoms with van der Waals surface area (Å²) in [5.74, 6) is -3.05. The van der Waals surface area contributed by atoms with Gasteiger partial charge < -0.3 is 0 Å².